The Kier molecular flexibility index (Phi) is 6.47. The molecular weight excluding hydrogens is 426 g/mol. The highest BCUT2D eigenvalue weighted by Gasteiger charge is 2.10. The number of nitrogens with one attached hydrogen (secondary N) is 2. The van der Waals surface area contributed by atoms with Gasteiger partial charge in [-0.05, 0) is 36.2 Å². The molecule has 0 atom stereocenters. The van der Waals surface area contributed by atoms with Gasteiger partial charge in [0.25, 0.3) is 5.56 Å². The van der Waals surface area contributed by atoms with Crippen molar-refractivity contribution in [1.29, 1.82) is 0 Å². The van der Waals surface area contributed by atoms with Crippen LogP contribution >= 0.6 is 27.7 Å². The van der Waals surface area contributed by atoms with E-state index in [0.717, 1.165) is 21.3 Å². The van der Waals surface area contributed by atoms with Gasteiger partial charge >= 0.3 is 0 Å². The fraction of sp³-hybridized carbons (Fsp3) is 0.150. The molecule has 1 aromatic heterocycles. The third kappa shape index (κ3) is 5.80. The van der Waals surface area contributed by atoms with Crippen molar-refractivity contribution >= 4 is 39.3 Å². The Morgan fingerprint density at radius 2 is 1.96 bits per heavy atom. The summed E-state index contributed by atoms with van der Waals surface area (Å²) in [5.74, 6) is 0.481. The summed E-state index contributed by atoms with van der Waals surface area (Å²) in [6.45, 7) is 1.92. The molecule has 1 amide bonds. The predicted octanol–water partition coefficient (Wildman–Crippen LogP) is 4.31. The Balaban J connectivity index is 1.66. The zero-order chi connectivity index (χ0) is 19.2. The third-order valence-corrected chi connectivity index (χ3v) is 5.23. The molecule has 7 heteroatoms. The Labute approximate surface area is 169 Å². The number of benzene rings is 2. The van der Waals surface area contributed by atoms with E-state index in [4.69, 9.17) is 0 Å². The van der Waals surface area contributed by atoms with Gasteiger partial charge in [-0.1, -0.05) is 58.0 Å². The highest BCUT2D eigenvalue weighted by molar-refractivity contribution is 9.10. The molecule has 0 aliphatic heterocycles. The van der Waals surface area contributed by atoms with E-state index in [2.05, 4.69) is 31.2 Å². The van der Waals surface area contributed by atoms with Crippen LogP contribution in [0.25, 0.3) is 0 Å². The number of aryl methyl sites for hydroxylation is 1. The lowest BCUT2D eigenvalue weighted by Crippen LogP contribution is -2.18. The number of carbonyl (C=O) groups is 1. The van der Waals surface area contributed by atoms with Crippen LogP contribution < -0.4 is 10.9 Å². The minimum absolute atomic E-state index is 0.0400. The van der Waals surface area contributed by atoms with Gasteiger partial charge in [0.2, 0.25) is 5.91 Å². The zero-order valence-electron chi connectivity index (χ0n) is 14.7. The van der Waals surface area contributed by atoms with Crippen LogP contribution in [0.5, 0.6) is 0 Å². The third-order valence-electron chi connectivity index (χ3n) is 3.80. The van der Waals surface area contributed by atoms with Crippen LogP contribution in [0.3, 0.4) is 0 Å². The summed E-state index contributed by atoms with van der Waals surface area (Å²) in [6, 6.07) is 16.9. The first-order valence-corrected chi connectivity index (χ1v) is 10.1. The highest BCUT2D eigenvalue weighted by Crippen LogP contribution is 2.21. The molecule has 2 aromatic carbocycles. The van der Waals surface area contributed by atoms with E-state index in [-0.39, 0.29) is 17.9 Å². The van der Waals surface area contributed by atoms with E-state index in [1.807, 2.05) is 55.5 Å². The average molecular weight is 444 g/mol. The first-order valence-electron chi connectivity index (χ1n) is 8.32. The van der Waals surface area contributed by atoms with Crippen LogP contribution in [-0.2, 0) is 17.0 Å². The lowest BCUT2D eigenvalue weighted by molar-refractivity contribution is -0.115. The average Bonchev–Trinajstić information content (AvgIpc) is 2.63. The Bertz CT molecular complexity index is 1010. The maximum Gasteiger partial charge on any atom is 0.251 e. The largest absolute Gasteiger partial charge is 0.326 e. The van der Waals surface area contributed by atoms with E-state index in [1.54, 1.807) is 0 Å². The Morgan fingerprint density at radius 3 is 2.70 bits per heavy atom. The summed E-state index contributed by atoms with van der Waals surface area (Å²) in [4.78, 5) is 31.4. The molecule has 0 unspecified atom stereocenters. The van der Waals surface area contributed by atoms with Crippen molar-refractivity contribution in [3.8, 4) is 0 Å². The molecule has 0 saturated heterocycles. The molecule has 1 heterocycles. The summed E-state index contributed by atoms with van der Waals surface area (Å²) >= 11 is 4.83. The fourth-order valence-electron chi connectivity index (χ4n) is 2.49. The first-order chi connectivity index (χ1) is 13.0. The van der Waals surface area contributed by atoms with Gasteiger partial charge in [0, 0.05) is 22.0 Å². The second-order valence-corrected chi connectivity index (χ2v) is 7.88. The van der Waals surface area contributed by atoms with Crippen molar-refractivity contribution in [2.45, 2.75) is 24.3 Å². The van der Waals surface area contributed by atoms with E-state index in [0.29, 0.717) is 16.6 Å². The number of amides is 1. The summed E-state index contributed by atoms with van der Waals surface area (Å²) in [7, 11) is 0. The van der Waals surface area contributed by atoms with E-state index in [1.165, 1.54) is 17.8 Å². The van der Waals surface area contributed by atoms with Gasteiger partial charge in [0.1, 0.15) is 0 Å². The van der Waals surface area contributed by atoms with Gasteiger partial charge in [0.15, 0.2) is 5.16 Å². The predicted molar refractivity (Wildman–Crippen MR) is 112 cm³/mol. The van der Waals surface area contributed by atoms with Gasteiger partial charge in [-0.25, -0.2) is 4.98 Å². The topological polar surface area (TPSA) is 74.8 Å². The molecule has 3 rings (SSSR count). The molecule has 2 N–H and O–H groups in total. The molecular formula is C20H18BrN3O2S. The molecule has 0 bridgehead atoms. The normalized spacial score (nSPS) is 10.6. The standard InChI is InChI=1S/C20H18BrN3O2S/c1-13-9-15(21)7-8-17(13)23-18(25)10-16-11-19(26)24-20(22-16)27-12-14-5-3-2-4-6-14/h2-9,11H,10,12H2,1H3,(H,23,25)(H,22,24,26). The van der Waals surface area contributed by atoms with Gasteiger partial charge in [-0.15, -0.1) is 0 Å². The molecule has 27 heavy (non-hydrogen) atoms. The molecule has 5 nitrogen and oxygen atoms in total. The van der Waals surface area contributed by atoms with Gasteiger partial charge in [-0.2, -0.15) is 0 Å². The van der Waals surface area contributed by atoms with Crippen molar-refractivity contribution in [3.63, 3.8) is 0 Å². The number of hydrogen-bond acceptors (Lipinski definition) is 4. The number of nitrogens with zero attached hydrogens (tertiary/aromatic N) is 1. The van der Waals surface area contributed by atoms with E-state index in [9.17, 15) is 9.59 Å². The fourth-order valence-corrected chi connectivity index (χ4v) is 3.82. The van der Waals surface area contributed by atoms with Gasteiger partial charge in [0.05, 0.1) is 12.1 Å². The van der Waals surface area contributed by atoms with Crippen LogP contribution in [0.15, 0.2) is 69.0 Å². The molecule has 0 spiro atoms. The summed E-state index contributed by atoms with van der Waals surface area (Å²) < 4.78 is 0.953. The number of aromatic amines is 1. The van der Waals surface area contributed by atoms with Gasteiger partial charge < -0.3 is 10.3 Å². The van der Waals surface area contributed by atoms with Crippen LogP contribution in [0.2, 0.25) is 0 Å². The van der Waals surface area contributed by atoms with Crippen molar-refractivity contribution in [2.75, 3.05) is 5.32 Å². The number of hydrogen-bond donors (Lipinski definition) is 2. The number of H-pyrrole nitrogens is 1. The summed E-state index contributed by atoms with van der Waals surface area (Å²) in [5.41, 5.74) is 3.02. The number of rotatable bonds is 6. The first kappa shape index (κ1) is 19.4. The van der Waals surface area contributed by atoms with Crippen molar-refractivity contribution < 1.29 is 4.79 Å². The minimum Gasteiger partial charge on any atom is -0.326 e. The van der Waals surface area contributed by atoms with Crippen LogP contribution in [0, 0.1) is 6.92 Å². The molecule has 0 radical (unpaired) electrons. The zero-order valence-corrected chi connectivity index (χ0v) is 17.1. The number of carbonyl (C=O) groups excluding carboxylic acids is 1. The summed E-state index contributed by atoms with van der Waals surface area (Å²) in [6.07, 6.45) is 0.0400. The summed E-state index contributed by atoms with van der Waals surface area (Å²) in [5, 5.41) is 3.37. The van der Waals surface area contributed by atoms with E-state index >= 15 is 0 Å². The van der Waals surface area contributed by atoms with E-state index < -0.39 is 0 Å². The monoisotopic (exact) mass is 443 g/mol. The maximum absolute atomic E-state index is 12.3. The molecule has 138 valence electrons. The Hall–Kier alpha value is -2.38. The molecule has 0 saturated carbocycles. The molecule has 0 fully saturated rings. The lowest BCUT2D eigenvalue weighted by Gasteiger charge is -2.09. The second-order valence-electron chi connectivity index (χ2n) is 6.00. The maximum atomic E-state index is 12.3. The van der Waals surface area contributed by atoms with Crippen molar-refractivity contribution in [3.05, 3.63) is 86.2 Å². The molecule has 0 aliphatic rings. The number of halogens is 1. The number of anilines is 1. The smallest absolute Gasteiger partial charge is 0.251 e. The highest BCUT2D eigenvalue weighted by atomic mass is 79.9. The van der Waals surface area contributed by atoms with Crippen molar-refractivity contribution in [2.24, 2.45) is 0 Å². The number of thioether (sulfide) groups is 1. The van der Waals surface area contributed by atoms with Gasteiger partial charge in [-0.3, -0.25) is 9.59 Å². The quantitative estimate of drug-likeness (QED) is 0.439. The molecule has 0 aliphatic carbocycles. The number of aromatic nitrogens is 2. The molecule has 3 aromatic rings. The second kappa shape index (κ2) is 9.01. The Morgan fingerprint density at radius 1 is 1.19 bits per heavy atom. The van der Waals surface area contributed by atoms with Crippen LogP contribution in [-0.4, -0.2) is 15.9 Å². The SMILES string of the molecule is Cc1cc(Br)ccc1NC(=O)Cc1cc(=O)[nH]c(SCc2ccccc2)n1. The minimum atomic E-state index is -0.261. The lowest BCUT2D eigenvalue weighted by atomic mass is 10.2. The van der Waals surface area contributed by atoms with Crippen molar-refractivity contribution in [1.82, 2.24) is 9.97 Å². The van der Waals surface area contributed by atoms with Crippen LogP contribution in [0.1, 0.15) is 16.8 Å². The van der Waals surface area contributed by atoms with Crippen LogP contribution in [0.4, 0.5) is 5.69 Å².